The highest BCUT2D eigenvalue weighted by Gasteiger charge is 2.52. The highest BCUT2D eigenvalue weighted by molar-refractivity contribution is 5.85. The van der Waals surface area contributed by atoms with Crippen LogP contribution in [-0.4, -0.2) is 30.8 Å². The second-order valence-electron chi connectivity index (χ2n) is 6.38. The topological polar surface area (TPSA) is 20.3 Å². The van der Waals surface area contributed by atoms with Gasteiger partial charge in [0.05, 0.1) is 0 Å². The van der Waals surface area contributed by atoms with Crippen LogP contribution >= 0.6 is 0 Å². The first-order chi connectivity index (χ1) is 6.86. The summed E-state index contributed by atoms with van der Waals surface area (Å²) in [6, 6.07) is 0. The molecule has 2 nitrogen and oxygen atoms in total. The van der Waals surface area contributed by atoms with E-state index < -0.39 is 0 Å². The number of likely N-dealkylation sites (tertiary alicyclic amines) is 1. The first-order valence-electron chi connectivity index (χ1n) is 6.08. The quantitative estimate of drug-likeness (QED) is 0.610. The van der Waals surface area contributed by atoms with E-state index in [9.17, 15) is 4.79 Å². The van der Waals surface area contributed by atoms with E-state index in [1.54, 1.807) is 0 Å². The molecule has 0 aromatic carbocycles. The molecule has 1 saturated heterocycles. The number of fused-ring (bicyclic) bond motifs is 1. The van der Waals surface area contributed by atoms with E-state index in [2.05, 4.69) is 32.7 Å². The third-order valence-electron chi connectivity index (χ3n) is 4.78. The van der Waals surface area contributed by atoms with Gasteiger partial charge in [-0.3, -0.25) is 4.79 Å². The number of rotatable bonds is 0. The lowest BCUT2D eigenvalue weighted by Crippen LogP contribution is -2.55. The average Bonchev–Trinajstić information content (AvgIpc) is 2.11. The lowest BCUT2D eigenvalue weighted by molar-refractivity contribution is -0.144. The molecule has 1 saturated carbocycles. The van der Waals surface area contributed by atoms with Crippen molar-refractivity contribution in [2.45, 2.75) is 40.0 Å². The normalized spacial score (nSPS) is 41.3. The molecule has 2 atom stereocenters. The maximum Gasteiger partial charge on any atom is 0.138 e. The summed E-state index contributed by atoms with van der Waals surface area (Å²) < 4.78 is 0. The Balaban J connectivity index is 2.29. The number of hydrogen-bond acceptors (Lipinski definition) is 2. The first-order valence-corrected chi connectivity index (χ1v) is 6.08. The molecular formula is C13H23NO. The molecule has 1 unspecified atom stereocenters. The predicted octanol–water partition coefficient (Wildman–Crippen LogP) is 2.33. The number of piperidine rings is 1. The van der Waals surface area contributed by atoms with Crippen LogP contribution < -0.4 is 0 Å². The highest BCUT2D eigenvalue weighted by atomic mass is 16.1. The summed E-state index contributed by atoms with van der Waals surface area (Å²) in [6.45, 7) is 9.00. The number of Topliss-reactive ketones (excluding diaryl/α,β-unsaturated/α-hetero) is 1. The molecule has 0 aromatic rings. The minimum Gasteiger partial charge on any atom is -0.306 e. The third-order valence-corrected chi connectivity index (χ3v) is 4.78. The van der Waals surface area contributed by atoms with E-state index in [0.29, 0.717) is 17.1 Å². The molecule has 0 bridgehead atoms. The number of carbonyl (C=O) groups excluding carboxylic acids is 1. The summed E-state index contributed by atoms with van der Waals surface area (Å²) >= 11 is 0. The van der Waals surface area contributed by atoms with Gasteiger partial charge in [0.15, 0.2) is 0 Å². The van der Waals surface area contributed by atoms with Crippen LogP contribution in [0.25, 0.3) is 0 Å². The number of ketones is 1. The summed E-state index contributed by atoms with van der Waals surface area (Å²) in [5, 5.41) is 0. The van der Waals surface area contributed by atoms with Crippen molar-refractivity contribution in [2.75, 3.05) is 20.1 Å². The van der Waals surface area contributed by atoms with Gasteiger partial charge < -0.3 is 4.90 Å². The second kappa shape index (κ2) is 3.31. The fraction of sp³-hybridized carbons (Fsp3) is 0.923. The van der Waals surface area contributed by atoms with Gasteiger partial charge in [0.1, 0.15) is 5.78 Å². The van der Waals surface area contributed by atoms with Crippen LogP contribution in [0.3, 0.4) is 0 Å². The van der Waals surface area contributed by atoms with Crippen LogP contribution in [0.15, 0.2) is 0 Å². The van der Waals surface area contributed by atoms with Crippen LogP contribution in [0.5, 0.6) is 0 Å². The summed E-state index contributed by atoms with van der Waals surface area (Å²) in [7, 11) is 2.20. The van der Waals surface area contributed by atoms with Crippen molar-refractivity contribution in [1.82, 2.24) is 4.90 Å². The summed E-state index contributed by atoms with van der Waals surface area (Å²) in [5.41, 5.74) is 0.276. The molecule has 86 valence electrons. The minimum absolute atomic E-state index is 0.0890. The van der Waals surface area contributed by atoms with Crippen molar-refractivity contribution in [3.05, 3.63) is 0 Å². The van der Waals surface area contributed by atoms with Gasteiger partial charge in [-0.2, -0.15) is 0 Å². The lowest BCUT2D eigenvalue weighted by Gasteiger charge is -2.54. The minimum atomic E-state index is -0.0890. The summed E-state index contributed by atoms with van der Waals surface area (Å²) in [5.74, 6) is 1.07. The van der Waals surface area contributed by atoms with Crippen molar-refractivity contribution in [3.8, 4) is 0 Å². The molecule has 2 heteroatoms. The van der Waals surface area contributed by atoms with Crippen LogP contribution in [0, 0.1) is 16.7 Å². The zero-order chi connectivity index (χ0) is 11.3. The molecule has 1 heterocycles. The summed E-state index contributed by atoms with van der Waals surface area (Å²) in [4.78, 5) is 14.4. The lowest BCUT2D eigenvalue weighted by atomic mass is 9.53. The molecule has 1 aliphatic carbocycles. The van der Waals surface area contributed by atoms with Gasteiger partial charge in [-0.05, 0) is 37.8 Å². The third kappa shape index (κ3) is 1.63. The van der Waals surface area contributed by atoms with E-state index >= 15 is 0 Å². The van der Waals surface area contributed by atoms with E-state index in [1.165, 1.54) is 6.42 Å². The van der Waals surface area contributed by atoms with Gasteiger partial charge >= 0.3 is 0 Å². The van der Waals surface area contributed by atoms with Gasteiger partial charge in [0, 0.05) is 18.4 Å². The van der Waals surface area contributed by atoms with Crippen LogP contribution in [0.4, 0.5) is 0 Å². The van der Waals surface area contributed by atoms with Crippen LogP contribution in [0.2, 0.25) is 0 Å². The number of hydrogen-bond donors (Lipinski definition) is 0. The number of carbonyl (C=O) groups is 1. The molecule has 0 aromatic heterocycles. The van der Waals surface area contributed by atoms with E-state index in [1.807, 2.05) is 0 Å². The molecule has 2 aliphatic rings. The summed E-state index contributed by atoms with van der Waals surface area (Å²) in [6.07, 6.45) is 3.06. The van der Waals surface area contributed by atoms with E-state index in [-0.39, 0.29) is 5.41 Å². The molecule has 2 fully saturated rings. The van der Waals surface area contributed by atoms with Gasteiger partial charge in [0.2, 0.25) is 0 Å². The van der Waals surface area contributed by atoms with E-state index in [4.69, 9.17) is 0 Å². The van der Waals surface area contributed by atoms with Gasteiger partial charge in [0.25, 0.3) is 0 Å². The Morgan fingerprint density at radius 2 is 2.00 bits per heavy atom. The zero-order valence-electron chi connectivity index (χ0n) is 10.5. The van der Waals surface area contributed by atoms with Crippen molar-refractivity contribution in [2.24, 2.45) is 16.7 Å². The molecule has 15 heavy (non-hydrogen) atoms. The fourth-order valence-corrected chi connectivity index (χ4v) is 3.90. The molecule has 0 N–H and O–H groups in total. The van der Waals surface area contributed by atoms with Gasteiger partial charge in [-0.1, -0.05) is 20.8 Å². The highest BCUT2D eigenvalue weighted by Crippen LogP contribution is 2.52. The standard InChI is InChI=1S/C13H23NO/c1-12(2)10-6-8-14(4)9-13(10,3)7-5-11(12)15/h10H,5-9H2,1-4H3/t10?,13-/m0/s1. The molecule has 0 radical (unpaired) electrons. The van der Waals surface area contributed by atoms with Crippen LogP contribution in [-0.2, 0) is 4.79 Å². The molecule has 1 aliphatic heterocycles. The Kier molecular flexibility index (Phi) is 2.45. The number of nitrogens with zero attached hydrogens (tertiary/aromatic N) is 1. The van der Waals surface area contributed by atoms with Crippen molar-refractivity contribution >= 4 is 5.78 Å². The molecular weight excluding hydrogens is 186 g/mol. The fourth-order valence-electron chi connectivity index (χ4n) is 3.90. The van der Waals surface area contributed by atoms with Crippen molar-refractivity contribution in [1.29, 1.82) is 0 Å². The zero-order valence-corrected chi connectivity index (χ0v) is 10.5. The predicted molar refractivity (Wildman–Crippen MR) is 61.7 cm³/mol. The maximum atomic E-state index is 12.0. The Bertz CT molecular complexity index is 284. The Morgan fingerprint density at radius 1 is 1.33 bits per heavy atom. The molecule has 0 amide bonds. The molecule has 2 rings (SSSR count). The van der Waals surface area contributed by atoms with Gasteiger partial charge in [-0.15, -0.1) is 0 Å². The Morgan fingerprint density at radius 3 is 2.67 bits per heavy atom. The van der Waals surface area contributed by atoms with E-state index in [0.717, 1.165) is 25.9 Å². The van der Waals surface area contributed by atoms with Gasteiger partial charge in [-0.25, -0.2) is 0 Å². The first kappa shape index (κ1) is 11.1. The monoisotopic (exact) mass is 209 g/mol. The smallest absolute Gasteiger partial charge is 0.138 e. The molecule has 0 spiro atoms. The largest absolute Gasteiger partial charge is 0.306 e. The maximum absolute atomic E-state index is 12.0. The Labute approximate surface area is 93.0 Å². The van der Waals surface area contributed by atoms with Crippen LogP contribution in [0.1, 0.15) is 40.0 Å². The Hall–Kier alpha value is -0.370. The SMILES string of the molecule is CN1CCC2C(C)(C)C(=O)CC[C@@]2(C)C1. The average molecular weight is 209 g/mol. The van der Waals surface area contributed by atoms with Crippen molar-refractivity contribution in [3.63, 3.8) is 0 Å². The second-order valence-corrected chi connectivity index (χ2v) is 6.38. The van der Waals surface area contributed by atoms with Crippen molar-refractivity contribution < 1.29 is 4.79 Å².